The normalized spacial score (nSPS) is 13.4. The lowest BCUT2D eigenvalue weighted by Crippen LogP contribution is -2.35. The molecule has 0 aliphatic carbocycles. The van der Waals surface area contributed by atoms with Gasteiger partial charge in [-0.3, -0.25) is 4.79 Å². The van der Waals surface area contributed by atoms with E-state index in [1.54, 1.807) is 30.3 Å². The monoisotopic (exact) mass is 400 g/mol. The Hall–Kier alpha value is -3.03. The van der Waals surface area contributed by atoms with Crippen LogP contribution in [0.2, 0.25) is 5.15 Å². The molecule has 0 bridgehead atoms. The van der Waals surface area contributed by atoms with Crippen molar-refractivity contribution < 1.29 is 24.1 Å². The van der Waals surface area contributed by atoms with E-state index in [2.05, 4.69) is 10.3 Å². The van der Waals surface area contributed by atoms with E-state index in [1.807, 2.05) is 12.1 Å². The number of carbonyl (C=O) groups excluding carboxylic acids is 1. The van der Waals surface area contributed by atoms with Gasteiger partial charge in [-0.25, -0.2) is 4.98 Å². The number of aromatic nitrogens is 1. The van der Waals surface area contributed by atoms with Crippen LogP contribution in [0.1, 0.15) is 10.4 Å². The Morgan fingerprint density at radius 2 is 2.04 bits per heavy atom. The van der Waals surface area contributed by atoms with Crippen LogP contribution in [0.3, 0.4) is 0 Å². The molecule has 144 valence electrons. The van der Waals surface area contributed by atoms with Crippen molar-refractivity contribution in [1.29, 1.82) is 0 Å². The summed E-state index contributed by atoms with van der Waals surface area (Å²) in [5.41, 5.74) is 1.03. The minimum Gasteiger partial charge on any atom is -0.491 e. The molecule has 1 atom stereocenters. The van der Waals surface area contributed by atoms with E-state index in [0.717, 1.165) is 0 Å². The minimum absolute atomic E-state index is 0.0117. The van der Waals surface area contributed by atoms with Crippen molar-refractivity contribution in [3.63, 3.8) is 0 Å². The largest absolute Gasteiger partial charge is 0.491 e. The van der Waals surface area contributed by atoms with Gasteiger partial charge < -0.3 is 24.6 Å². The maximum atomic E-state index is 12.5. The molecule has 0 saturated carbocycles. The molecule has 1 amide bonds. The van der Waals surface area contributed by atoms with Gasteiger partial charge in [-0.05, 0) is 24.3 Å². The Kier molecular flexibility index (Phi) is 5.18. The van der Waals surface area contributed by atoms with Crippen molar-refractivity contribution in [3.8, 4) is 17.2 Å². The van der Waals surface area contributed by atoms with Gasteiger partial charge >= 0.3 is 0 Å². The highest BCUT2D eigenvalue weighted by Crippen LogP contribution is 2.35. The number of carbonyl (C=O) groups is 1. The number of amides is 1. The molecule has 8 heteroatoms. The zero-order valence-electron chi connectivity index (χ0n) is 14.7. The van der Waals surface area contributed by atoms with Crippen molar-refractivity contribution in [2.45, 2.75) is 6.10 Å². The molecule has 2 N–H and O–H groups in total. The number of aliphatic hydroxyl groups is 1. The number of ether oxygens (including phenoxy) is 3. The molecule has 2 heterocycles. The third-order valence-corrected chi connectivity index (χ3v) is 4.41. The van der Waals surface area contributed by atoms with Crippen LogP contribution in [0.15, 0.2) is 48.5 Å². The SMILES string of the molecule is O=C(NCC(O)COc1ccc2c(c1)OCO2)c1cc(Cl)nc2ccccc12. The van der Waals surface area contributed by atoms with Crippen LogP contribution in [0, 0.1) is 0 Å². The summed E-state index contributed by atoms with van der Waals surface area (Å²) in [4.78, 5) is 16.7. The van der Waals surface area contributed by atoms with Gasteiger partial charge in [0.2, 0.25) is 6.79 Å². The first-order chi connectivity index (χ1) is 13.6. The Morgan fingerprint density at radius 3 is 2.93 bits per heavy atom. The van der Waals surface area contributed by atoms with Crippen LogP contribution < -0.4 is 19.5 Å². The predicted octanol–water partition coefficient (Wildman–Crippen LogP) is 2.79. The molecule has 0 spiro atoms. The second kappa shape index (κ2) is 7.92. The third kappa shape index (κ3) is 3.95. The van der Waals surface area contributed by atoms with E-state index in [1.165, 1.54) is 6.07 Å². The lowest BCUT2D eigenvalue weighted by Gasteiger charge is -2.14. The van der Waals surface area contributed by atoms with Crippen LogP contribution in [-0.2, 0) is 0 Å². The highest BCUT2D eigenvalue weighted by molar-refractivity contribution is 6.30. The Labute approximate surface area is 165 Å². The lowest BCUT2D eigenvalue weighted by atomic mass is 10.1. The fourth-order valence-corrected chi connectivity index (χ4v) is 3.05. The molecule has 28 heavy (non-hydrogen) atoms. The quantitative estimate of drug-likeness (QED) is 0.618. The van der Waals surface area contributed by atoms with E-state index in [9.17, 15) is 9.90 Å². The van der Waals surface area contributed by atoms with Crippen LogP contribution >= 0.6 is 11.6 Å². The zero-order valence-corrected chi connectivity index (χ0v) is 15.5. The van der Waals surface area contributed by atoms with Gasteiger partial charge in [-0.15, -0.1) is 0 Å². The van der Waals surface area contributed by atoms with Crippen LogP contribution in [0.4, 0.5) is 0 Å². The van der Waals surface area contributed by atoms with E-state index in [4.69, 9.17) is 25.8 Å². The second-order valence-electron chi connectivity index (χ2n) is 6.20. The van der Waals surface area contributed by atoms with Crippen molar-refractivity contribution >= 4 is 28.4 Å². The summed E-state index contributed by atoms with van der Waals surface area (Å²) < 4.78 is 16.1. The molecule has 3 aromatic rings. The minimum atomic E-state index is -0.891. The number of halogens is 1. The van der Waals surface area contributed by atoms with Gasteiger partial charge in [0, 0.05) is 18.0 Å². The summed E-state index contributed by atoms with van der Waals surface area (Å²) in [5.74, 6) is 1.45. The summed E-state index contributed by atoms with van der Waals surface area (Å²) in [7, 11) is 0. The molecule has 1 unspecified atom stereocenters. The van der Waals surface area contributed by atoms with Crippen molar-refractivity contribution in [2.75, 3.05) is 19.9 Å². The molecule has 0 saturated heterocycles. The Balaban J connectivity index is 1.35. The second-order valence-corrected chi connectivity index (χ2v) is 6.59. The van der Waals surface area contributed by atoms with Gasteiger partial charge in [0.05, 0.1) is 11.1 Å². The topological polar surface area (TPSA) is 89.9 Å². The maximum absolute atomic E-state index is 12.5. The van der Waals surface area contributed by atoms with Crippen LogP contribution in [-0.4, -0.2) is 42.0 Å². The fourth-order valence-electron chi connectivity index (χ4n) is 2.85. The van der Waals surface area contributed by atoms with E-state index < -0.39 is 6.10 Å². The predicted molar refractivity (Wildman–Crippen MR) is 103 cm³/mol. The van der Waals surface area contributed by atoms with Crippen molar-refractivity contribution in [2.24, 2.45) is 0 Å². The number of pyridine rings is 1. The number of nitrogens with one attached hydrogen (secondary N) is 1. The molecule has 7 nitrogen and oxygen atoms in total. The smallest absolute Gasteiger partial charge is 0.252 e. The van der Waals surface area contributed by atoms with Gasteiger partial charge in [0.25, 0.3) is 5.91 Å². The first-order valence-corrected chi connectivity index (χ1v) is 9.02. The number of rotatable bonds is 6. The molecule has 2 aromatic carbocycles. The third-order valence-electron chi connectivity index (χ3n) is 4.21. The number of para-hydroxylation sites is 1. The number of nitrogens with zero attached hydrogens (tertiary/aromatic N) is 1. The summed E-state index contributed by atoms with van der Waals surface area (Å²) in [6.07, 6.45) is -0.891. The first-order valence-electron chi connectivity index (χ1n) is 8.64. The number of hydrogen-bond acceptors (Lipinski definition) is 6. The van der Waals surface area contributed by atoms with Crippen molar-refractivity contribution in [3.05, 3.63) is 59.2 Å². The Morgan fingerprint density at radius 1 is 1.21 bits per heavy atom. The van der Waals surface area contributed by atoms with E-state index >= 15 is 0 Å². The van der Waals surface area contributed by atoms with Crippen LogP contribution in [0.5, 0.6) is 17.2 Å². The van der Waals surface area contributed by atoms with Gasteiger partial charge in [0.1, 0.15) is 23.6 Å². The zero-order chi connectivity index (χ0) is 19.5. The average molecular weight is 401 g/mol. The highest BCUT2D eigenvalue weighted by atomic mass is 35.5. The number of hydrogen-bond donors (Lipinski definition) is 2. The molecule has 0 fully saturated rings. The standard InChI is InChI=1S/C20H17ClN2O5/c21-19-8-15(14-3-1-2-4-16(14)23-19)20(25)22-9-12(24)10-26-13-5-6-17-18(7-13)28-11-27-17/h1-8,12,24H,9-11H2,(H,22,25). The maximum Gasteiger partial charge on any atom is 0.252 e. The molecule has 1 aliphatic rings. The van der Waals surface area contributed by atoms with Gasteiger partial charge in [0.15, 0.2) is 11.5 Å². The Bertz CT molecular complexity index is 1030. The van der Waals surface area contributed by atoms with Crippen molar-refractivity contribution in [1.82, 2.24) is 10.3 Å². The highest BCUT2D eigenvalue weighted by Gasteiger charge is 2.16. The summed E-state index contributed by atoms with van der Waals surface area (Å²) >= 11 is 6.01. The first kappa shape index (κ1) is 18.3. The molecule has 0 radical (unpaired) electrons. The van der Waals surface area contributed by atoms with E-state index in [-0.39, 0.29) is 31.0 Å². The van der Waals surface area contributed by atoms with Gasteiger partial charge in [-0.1, -0.05) is 29.8 Å². The fraction of sp³-hybridized carbons (Fsp3) is 0.200. The number of aliphatic hydroxyl groups excluding tert-OH is 1. The van der Waals surface area contributed by atoms with Crippen LogP contribution in [0.25, 0.3) is 10.9 Å². The molecule has 1 aliphatic heterocycles. The average Bonchev–Trinajstić information content (AvgIpc) is 3.17. The lowest BCUT2D eigenvalue weighted by molar-refractivity contribution is 0.0844. The summed E-state index contributed by atoms with van der Waals surface area (Å²) in [5, 5.41) is 13.8. The molecular weight excluding hydrogens is 384 g/mol. The number of fused-ring (bicyclic) bond motifs is 2. The molecule has 4 rings (SSSR count). The summed E-state index contributed by atoms with van der Waals surface area (Å²) in [6.45, 7) is 0.219. The number of benzene rings is 2. The van der Waals surface area contributed by atoms with Gasteiger partial charge in [-0.2, -0.15) is 0 Å². The molecular formula is C20H17ClN2O5. The van der Waals surface area contributed by atoms with E-state index in [0.29, 0.717) is 33.7 Å². The molecule has 1 aromatic heterocycles. The summed E-state index contributed by atoms with van der Waals surface area (Å²) in [6, 6.07) is 13.9.